The number of halogens is 1. The van der Waals surface area contributed by atoms with Crippen LogP contribution in [0.5, 0.6) is 0 Å². The van der Waals surface area contributed by atoms with Crippen LogP contribution in [0, 0.1) is 16.1 Å². The van der Waals surface area contributed by atoms with E-state index in [0.29, 0.717) is 6.42 Å². The second kappa shape index (κ2) is 7.27. The van der Waals surface area contributed by atoms with Gasteiger partial charge in [-0.15, -0.1) is 0 Å². The lowest BCUT2D eigenvalue weighted by atomic mass is 10.3. The van der Waals surface area contributed by atoms with E-state index in [1.165, 1.54) is 0 Å². The van der Waals surface area contributed by atoms with E-state index in [0.717, 1.165) is 41.0 Å². The van der Waals surface area contributed by atoms with Gasteiger partial charge < -0.3 is 5.73 Å². The first kappa shape index (κ1) is 17.7. The van der Waals surface area contributed by atoms with Crippen LogP contribution in [0.25, 0.3) is 0 Å². The second-order valence-electron chi connectivity index (χ2n) is 4.67. The molecule has 1 heterocycles. The zero-order valence-electron chi connectivity index (χ0n) is 12.4. The monoisotopic (exact) mass is 355 g/mol. The molecule has 2 N–H and O–H groups in total. The molecule has 2 rings (SSSR count). The van der Waals surface area contributed by atoms with Crippen molar-refractivity contribution >= 4 is 21.5 Å². The molecule has 9 nitrogen and oxygen atoms in total. The molecule has 0 atom stereocenters. The van der Waals surface area contributed by atoms with Crippen molar-refractivity contribution in [2.24, 2.45) is 5.73 Å². The number of hydrogen-bond donors (Lipinski definition) is 1. The number of nitrogens with zero attached hydrogens (tertiary/aromatic N) is 4. The smallest absolute Gasteiger partial charge is 0.269 e. The van der Waals surface area contributed by atoms with Gasteiger partial charge in [0.05, 0.1) is 9.82 Å². The van der Waals surface area contributed by atoms with Crippen molar-refractivity contribution < 1.29 is 17.7 Å². The van der Waals surface area contributed by atoms with Gasteiger partial charge in [-0.1, -0.05) is 0 Å². The fourth-order valence-electron chi connectivity index (χ4n) is 1.92. The minimum atomic E-state index is -4.09. The first-order valence-electron chi connectivity index (χ1n) is 6.81. The van der Waals surface area contributed by atoms with Crippen LogP contribution in [0.2, 0.25) is 0 Å². The van der Waals surface area contributed by atoms with Gasteiger partial charge in [0.15, 0.2) is 0 Å². The molecule has 11 heteroatoms. The highest BCUT2D eigenvalue weighted by Gasteiger charge is 2.26. The average Bonchev–Trinajstić information content (AvgIpc) is 2.55. The molecular formula is C13H14FN5O4S. The predicted octanol–water partition coefficient (Wildman–Crippen LogP) is 1.07. The lowest BCUT2D eigenvalue weighted by Gasteiger charge is -2.23. The Balaban J connectivity index is 2.45. The number of nitro benzene ring substituents is 1. The van der Waals surface area contributed by atoms with E-state index in [9.17, 15) is 22.9 Å². The standard InChI is InChI=1S/C13H14FN5O4S/c14-12-8-13(17-9-16-12)18(7-1-6-15)24(22,23)11-4-2-10(3-5-11)19(20)21/h2-5,8-9H,1,6-7,15H2. The van der Waals surface area contributed by atoms with Crippen LogP contribution in [0.15, 0.2) is 41.6 Å². The Bertz CT molecular complexity index is 829. The highest BCUT2D eigenvalue weighted by atomic mass is 32.2. The highest BCUT2D eigenvalue weighted by Crippen LogP contribution is 2.24. The van der Waals surface area contributed by atoms with E-state index < -0.39 is 20.9 Å². The van der Waals surface area contributed by atoms with Crippen LogP contribution < -0.4 is 10.0 Å². The maximum Gasteiger partial charge on any atom is 0.269 e. The minimum Gasteiger partial charge on any atom is -0.330 e. The molecule has 0 saturated carbocycles. The van der Waals surface area contributed by atoms with Gasteiger partial charge in [0, 0.05) is 24.7 Å². The maximum absolute atomic E-state index is 13.3. The van der Waals surface area contributed by atoms with Crippen molar-refractivity contribution in [3.63, 3.8) is 0 Å². The molecule has 0 radical (unpaired) electrons. The third-order valence-electron chi connectivity index (χ3n) is 3.08. The van der Waals surface area contributed by atoms with E-state index in [1.54, 1.807) is 0 Å². The summed E-state index contributed by atoms with van der Waals surface area (Å²) >= 11 is 0. The van der Waals surface area contributed by atoms with Crippen molar-refractivity contribution in [3.05, 3.63) is 52.7 Å². The normalized spacial score (nSPS) is 11.2. The van der Waals surface area contributed by atoms with E-state index in [1.807, 2.05) is 0 Å². The zero-order valence-corrected chi connectivity index (χ0v) is 13.2. The summed E-state index contributed by atoms with van der Waals surface area (Å²) in [5.41, 5.74) is 5.18. The number of rotatable bonds is 7. The molecule has 0 bridgehead atoms. The number of anilines is 1. The van der Waals surface area contributed by atoms with E-state index >= 15 is 0 Å². The van der Waals surface area contributed by atoms with Crippen LogP contribution in [0.4, 0.5) is 15.9 Å². The fourth-order valence-corrected chi connectivity index (χ4v) is 3.37. The maximum atomic E-state index is 13.3. The number of nitrogens with two attached hydrogens (primary N) is 1. The van der Waals surface area contributed by atoms with Crippen LogP contribution in [-0.2, 0) is 10.0 Å². The molecule has 0 amide bonds. The third-order valence-corrected chi connectivity index (χ3v) is 4.89. The molecule has 1 aromatic heterocycles. The Kier molecular flexibility index (Phi) is 5.36. The minimum absolute atomic E-state index is 0.0216. The summed E-state index contributed by atoms with van der Waals surface area (Å²) in [6, 6.07) is 5.27. The number of nitro groups is 1. The van der Waals surface area contributed by atoms with Gasteiger partial charge in [-0.2, -0.15) is 4.39 Å². The summed E-state index contributed by atoms with van der Waals surface area (Å²) < 4.78 is 39.7. The number of non-ortho nitro benzene ring substituents is 1. The zero-order chi connectivity index (χ0) is 17.7. The molecule has 0 aliphatic rings. The van der Waals surface area contributed by atoms with E-state index in [-0.39, 0.29) is 29.5 Å². The third kappa shape index (κ3) is 3.81. The summed E-state index contributed by atoms with van der Waals surface area (Å²) in [6.45, 7) is 0.201. The van der Waals surface area contributed by atoms with E-state index in [4.69, 9.17) is 5.73 Å². The van der Waals surface area contributed by atoms with Crippen molar-refractivity contribution in [1.29, 1.82) is 0 Å². The molecular weight excluding hydrogens is 341 g/mol. The Morgan fingerprint density at radius 1 is 1.25 bits per heavy atom. The van der Waals surface area contributed by atoms with Crippen LogP contribution >= 0.6 is 0 Å². The van der Waals surface area contributed by atoms with Crippen LogP contribution in [-0.4, -0.2) is 36.4 Å². The highest BCUT2D eigenvalue weighted by molar-refractivity contribution is 7.92. The Labute approximate surface area is 137 Å². The quantitative estimate of drug-likeness (QED) is 0.446. The average molecular weight is 355 g/mol. The lowest BCUT2D eigenvalue weighted by molar-refractivity contribution is -0.384. The molecule has 0 aliphatic carbocycles. The number of hydrogen-bond acceptors (Lipinski definition) is 7. The van der Waals surface area contributed by atoms with Gasteiger partial charge in [0.2, 0.25) is 5.95 Å². The molecule has 1 aromatic carbocycles. The summed E-state index contributed by atoms with van der Waals surface area (Å²) in [5, 5.41) is 10.7. The number of sulfonamides is 1. The Morgan fingerprint density at radius 3 is 2.46 bits per heavy atom. The Morgan fingerprint density at radius 2 is 1.92 bits per heavy atom. The van der Waals surface area contributed by atoms with Crippen LogP contribution in [0.1, 0.15) is 6.42 Å². The van der Waals surface area contributed by atoms with Crippen molar-refractivity contribution in [2.75, 3.05) is 17.4 Å². The number of aromatic nitrogens is 2. The first-order chi connectivity index (χ1) is 11.4. The summed E-state index contributed by atoms with van der Waals surface area (Å²) in [7, 11) is -4.09. The summed E-state index contributed by atoms with van der Waals surface area (Å²) in [5.74, 6) is -1.02. The lowest BCUT2D eigenvalue weighted by Crippen LogP contribution is -2.33. The van der Waals surface area contributed by atoms with Gasteiger partial charge in [0.1, 0.15) is 12.1 Å². The van der Waals surface area contributed by atoms with Gasteiger partial charge in [-0.05, 0) is 25.1 Å². The molecule has 0 saturated heterocycles. The van der Waals surface area contributed by atoms with Gasteiger partial charge in [-0.3, -0.25) is 10.1 Å². The van der Waals surface area contributed by atoms with Crippen LogP contribution in [0.3, 0.4) is 0 Å². The van der Waals surface area contributed by atoms with E-state index in [2.05, 4.69) is 9.97 Å². The van der Waals surface area contributed by atoms with Crippen molar-refractivity contribution in [3.8, 4) is 0 Å². The fraction of sp³-hybridized carbons (Fsp3) is 0.231. The van der Waals surface area contributed by atoms with Gasteiger partial charge >= 0.3 is 0 Å². The van der Waals surface area contributed by atoms with Crippen molar-refractivity contribution in [1.82, 2.24) is 9.97 Å². The summed E-state index contributed by atoms with van der Waals surface area (Å²) in [4.78, 5) is 16.9. The second-order valence-corrected chi connectivity index (χ2v) is 6.53. The molecule has 0 unspecified atom stereocenters. The number of benzene rings is 1. The molecule has 128 valence electrons. The predicted molar refractivity (Wildman–Crippen MR) is 83.3 cm³/mol. The largest absolute Gasteiger partial charge is 0.330 e. The molecule has 24 heavy (non-hydrogen) atoms. The Hall–Kier alpha value is -2.66. The topological polar surface area (TPSA) is 132 Å². The molecule has 0 fully saturated rings. The summed E-state index contributed by atoms with van der Waals surface area (Å²) in [6.07, 6.45) is 1.23. The molecule has 0 aliphatic heterocycles. The first-order valence-corrected chi connectivity index (χ1v) is 8.25. The van der Waals surface area contributed by atoms with Gasteiger partial charge in [0.25, 0.3) is 15.7 Å². The van der Waals surface area contributed by atoms with Gasteiger partial charge in [-0.25, -0.2) is 22.7 Å². The molecule has 2 aromatic rings. The molecule has 0 spiro atoms. The van der Waals surface area contributed by atoms with Crippen molar-refractivity contribution in [2.45, 2.75) is 11.3 Å². The SMILES string of the molecule is NCCCN(c1cc(F)ncn1)S(=O)(=O)c1ccc([N+](=O)[O-])cc1.